The minimum Gasteiger partial charge on any atom is -0.383 e. The van der Waals surface area contributed by atoms with Gasteiger partial charge in [0, 0.05) is 37.5 Å². The second-order valence-electron chi connectivity index (χ2n) is 5.90. The van der Waals surface area contributed by atoms with Gasteiger partial charge in [0.25, 0.3) is 0 Å². The van der Waals surface area contributed by atoms with Gasteiger partial charge in [0.1, 0.15) is 6.54 Å². The van der Waals surface area contributed by atoms with Gasteiger partial charge in [0.15, 0.2) is 0 Å². The molecule has 6 heteroatoms. The van der Waals surface area contributed by atoms with E-state index in [1.807, 2.05) is 39.9 Å². The number of halogens is 1. The van der Waals surface area contributed by atoms with Crippen molar-refractivity contribution >= 4 is 28.4 Å². The molecule has 2 aromatic rings. The van der Waals surface area contributed by atoms with E-state index in [0.29, 0.717) is 24.7 Å². The quantitative estimate of drug-likeness (QED) is 0.843. The van der Waals surface area contributed by atoms with Gasteiger partial charge in [-0.05, 0) is 30.0 Å². The van der Waals surface area contributed by atoms with Crippen molar-refractivity contribution in [3.05, 3.63) is 35.5 Å². The molecule has 5 nitrogen and oxygen atoms in total. The normalized spacial score (nSPS) is 21.3. The number of benzene rings is 1. The Balaban J connectivity index is 1.78. The fourth-order valence-electron chi connectivity index (χ4n) is 3.23. The number of hydrogen-bond donors (Lipinski definition) is 0. The first-order valence-electron chi connectivity index (χ1n) is 7.68. The van der Waals surface area contributed by atoms with Gasteiger partial charge in [-0.3, -0.25) is 4.79 Å². The third-order valence-electron chi connectivity index (χ3n) is 4.43. The molecule has 1 aliphatic rings. The minimum absolute atomic E-state index is 0.0721. The summed E-state index contributed by atoms with van der Waals surface area (Å²) in [5, 5.41) is 1.75. The summed E-state index contributed by atoms with van der Waals surface area (Å²) >= 11 is 6.07. The Kier molecular flexibility index (Phi) is 4.90. The highest BCUT2D eigenvalue weighted by Gasteiger charge is 2.35. The Bertz CT molecular complexity index is 700. The summed E-state index contributed by atoms with van der Waals surface area (Å²) in [6.45, 7) is 1.44. The second kappa shape index (κ2) is 6.91. The molecule has 23 heavy (non-hydrogen) atoms. The predicted molar refractivity (Wildman–Crippen MR) is 89.7 cm³/mol. The van der Waals surface area contributed by atoms with Crippen LogP contribution in [0.3, 0.4) is 0 Å². The van der Waals surface area contributed by atoms with Gasteiger partial charge in [-0.1, -0.05) is 17.7 Å². The Labute approximate surface area is 140 Å². The molecule has 0 aliphatic carbocycles. The van der Waals surface area contributed by atoms with Crippen LogP contribution in [0, 0.1) is 0 Å². The number of amides is 1. The van der Waals surface area contributed by atoms with Gasteiger partial charge in [-0.25, -0.2) is 0 Å². The topological polar surface area (TPSA) is 43.7 Å². The van der Waals surface area contributed by atoms with Crippen molar-refractivity contribution in [2.45, 2.75) is 25.1 Å². The summed E-state index contributed by atoms with van der Waals surface area (Å²) in [7, 11) is 3.34. The van der Waals surface area contributed by atoms with Gasteiger partial charge >= 0.3 is 0 Å². The number of methoxy groups -OCH3 is 2. The van der Waals surface area contributed by atoms with Crippen LogP contribution in [0.15, 0.2) is 30.5 Å². The zero-order valence-electron chi connectivity index (χ0n) is 13.4. The van der Waals surface area contributed by atoms with E-state index in [9.17, 15) is 4.79 Å². The van der Waals surface area contributed by atoms with Gasteiger partial charge < -0.3 is 18.9 Å². The predicted octanol–water partition coefficient (Wildman–Crippen LogP) is 2.56. The van der Waals surface area contributed by atoms with Crippen LogP contribution in [0.2, 0.25) is 5.02 Å². The van der Waals surface area contributed by atoms with Crippen molar-refractivity contribution in [3.63, 3.8) is 0 Å². The molecule has 0 unspecified atom stereocenters. The summed E-state index contributed by atoms with van der Waals surface area (Å²) in [5.41, 5.74) is 0.969. The molecule has 1 saturated heterocycles. The zero-order valence-corrected chi connectivity index (χ0v) is 14.1. The molecule has 1 aromatic heterocycles. The van der Waals surface area contributed by atoms with E-state index in [2.05, 4.69) is 0 Å². The summed E-state index contributed by atoms with van der Waals surface area (Å²) in [6.07, 6.45) is 2.82. The molecular weight excluding hydrogens is 316 g/mol. The number of ether oxygens (including phenoxy) is 2. The molecule has 1 fully saturated rings. The Morgan fingerprint density at radius 3 is 2.91 bits per heavy atom. The molecule has 2 heterocycles. The average molecular weight is 337 g/mol. The van der Waals surface area contributed by atoms with Crippen LogP contribution in [-0.2, 0) is 20.8 Å². The van der Waals surface area contributed by atoms with E-state index in [1.165, 1.54) is 0 Å². The molecule has 2 atom stereocenters. The Hall–Kier alpha value is -1.56. The second-order valence-corrected chi connectivity index (χ2v) is 6.33. The molecule has 0 spiro atoms. The molecule has 0 N–H and O–H groups in total. The number of carbonyl (C=O) groups excluding carboxylic acids is 1. The lowest BCUT2D eigenvalue weighted by atomic mass is 10.2. The highest BCUT2D eigenvalue weighted by atomic mass is 35.5. The lowest BCUT2D eigenvalue weighted by molar-refractivity contribution is -0.133. The van der Waals surface area contributed by atoms with Crippen LogP contribution in [0.25, 0.3) is 10.9 Å². The molecular formula is C17H21ClN2O3. The van der Waals surface area contributed by atoms with Crippen LogP contribution in [0.4, 0.5) is 0 Å². The van der Waals surface area contributed by atoms with E-state index >= 15 is 0 Å². The molecule has 0 saturated carbocycles. The SMILES string of the molecule is COC[C@@H]1C[C@H](OC)CN1C(=O)Cn1ccc2ccc(Cl)cc21. The Morgan fingerprint density at radius 1 is 1.35 bits per heavy atom. The summed E-state index contributed by atoms with van der Waals surface area (Å²) in [4.78, 5) is 14.6. The first-order chi connectivity index (χ1) is 11.1. The maximum Gasteiger partial charge on any atom is 0.242 e. The van der Waals surface area contributed by atoms with Crippen molar-refractivity contribution < 1.29 is 14.3 Å². The lowest BCUT2D eigenvalue weighted by Crippen LogP contribution is -2.40. The van der Waals surface area contributed by atoms with Crippen molar-refractivity contribution in [3.8, 4) is 0 Å². The smallest absolute Gasteiger partial charge is 0.242 e. The average Bonchev–Trinajstić information content (AvgIpc) is 3.12. The molecule has 3 rings (SSSR count). The maximum absolute atomic E-state index is 12.7. The molecule has 124 valence electrons. The van der Waals surface area contributed by atoms with E-state index in [0.717, 1.165) is 17.3 Å². The van der Waals surface area contributed by atoms with E-state index in [-0.39, 0.29) is 18.1 Å². The van der Waals surface area contributed by atoms with E-state index in [4.69, 9.17) is 21.1 Å². The fraction of sp³-hybridized carbons (Fsp3) is 0.471. The first kappa shape index (κ1) is 16.3. The van der Waals surface area contributed by atoms with Gasteiger partial charge in [0.2, 0.25) is 5.91 Å². The van der Waals surface area contributed by atoms with Crippen LogP contribution >= 0.6 is 11.6 Å². The fourth-order valence-corrected chi connectivity index (χ4v) is 3.40. The number of aromatic nitrogens is 1. The monoisotopic (exact) mass is 336 g/mol. The third-order valence-corrected chi connectivity index (χ3v) is 4.67. The summed E-state index contributed by atoms with van der Waals surface area (Å²) in [6, 6.07) is 7.77. The number of rotatable bonds is 5. The number of fused-ring (bicyclic) bond motifs is 1. The third kappa shape index (κ3) is 3.37. The largest absolute Gasteiger partial charge is 0.383 e. The maximum atomic E-state index is 12.7. The number of nitrogens with zero attached hydrogens (tertiary/aromatic N) is 2. The molecule has 1 aromatic carbocycles. The highest BCUT2D eigenvalue weighted by molar-refractivity contribution is 6.31. The van der Waals surface area contributed by atoms with Crippen LogP contribution in [0.1, 0.15) is 6.42 Å². The number of hydrogen-bond acceptors (Lipinski definition) is 3. The lowest BCUT2D eigenvalue weighted by Gasteiger charge is -2.24. The Morgan fingerprint density at radius 2 is 2.17 bits per heavy atom. The van der Waals surface area contributed by atoms with Gasteiger partial charge in [-0.2, -0.15) is 0 Å². The summed E-state index contributed by atoms with van der Waals surface area (Å²) < 4.78 is 12.6. The van der Waals surface area contributed by atoms with Crippen molar-refractivity contribution in [1.82, 2.24) is 9.47 Å². The highest BCUT2D eigenvalue weighted by Crippen LogP contribution is 2.23. The van der Waals surface area contributed by atoms with Gasteiger partial charge in [-0.15, -0.1) is 0 Å². The molecule has 1 amide bonds. The van der Waals surface area contributed by atoms with Crippen LogP contribution < -0.4 is 0 Å². The van der Waals surface area contributed by atoms with E-state index < -0.39 is 0 Å². The van der Waals surface area contributed by atoms with Crippen molar-refractivity contribution in [2.24, 2.45) is 0 Å². The molecule has 0 radical (unpaired) electrons. The van der Waals surface area contributed by atoms with Crippen LogP contribution in [-0.4, -0.2) is 54.9 Å². The standard InChI is InChI=1S/C17H21ClN2O3/c1-22-11-14-8-15(23-2)9-20(14)17(21)10-19-6-5-12-3-4-13(18)7-16(12)19/h3-7,14-15H,8-11H2,1-2H3/t14-,15-/m0/s1. The van der Waals surface area contributed by atoms with Crippen molar-refractivity contribution in [2.75, 3.05) is 27.4 Å². The van der Waals surface area contributed by atoms with E-state index in [1.54, 1.807) is 14.2 Å². The van der Waals surface area contributed by atoms with Gasteiger partial charge in [0.05, 0.1) is 18.8 Å². The van der Waals surface area contributed by atoms with Crippen molar-refractivity contribution in [1.29, 1.82) is 0 Å². The molecule has 0 bridgehead atoms. The number of carbonyl (C=O) groups is 1. The van der Waals surface area contributed by atoms with Crippen LogP contribution in [0.5, 0.6) is 0 Å². The minimum atomic E-state index is 0.0721. The number of likely N-dealkylation sites (tertiary alicyclic amines) is 1. The zero-order chi connectivity index (χ0) is 16.4. The molecule has 1 aliphatic heterocycles. The first-order valence-corrected chi connectivity index (χ1v) is 8.05. The summed E-state index contributed by atoms with van der Waals surface area (Å²) in [5.74, 6) is 0.0732.